The minimum Gasteiger partial charge on any atom is -0.496 e. The molecule has 21 heavy (non-hydrogen) atoms. The van der Waals surface area contributed by atoms with E-state index >= 15 is 0 Å². The number of hydrogen-bond donors (Lipinski definition) is 1. The third kappa shape index (κ3) is 5.67. The molecule has 1 aromatic carbocycles. The highest BCUT2D eigenvalue weighted by atomic mass is 32.2. The lowest BCUT2D eigenvalue weighted by atomic mass is 10.1. The summed E-state index contributed by atoms with van der Waals surface area (Å²) in [6, 6.07) is 7.34. The molecule has 0 bridgehead atoms. The van der Waals surface area contributed by atoms with E-state index in [0.717, 1.165) is 17.7 Å². The predicted octanol–water partition coefficient (Wildman–Crippen LogP) is 2.81. The topological polar surface area (TPSA) is 55.4 Å². The molecule has 2 atom stereocenters. The first-order chi connectivity index (χ1) is 9.93. The van der Waals surface area contributed by atoms with Crippen LogP contribution in [0.2, 0.25) is 0 Å². The molecule has 0 amide bonds. The smallest absolute Gasteiger partial charge is 0.152 e. The molecule has 0 heterocycles. The highest BCUT2D eigenvalue weighted by Gasteiger charge is 2.23. The second-order valence-corrected chi connectivity index (χ2v) is 7.60. The van der Waals surface area contributed by atoms with Crippen LogP contribution in [0.25, 0.3) is 0 Å². The normalized spacial score (nSPS) is 14.7. The van der Waals surface area contributed by atoms with Crippen molar-refractivity contribution in [3.63, 3.8) is 0 Å². The van der Waals surface area contributed by atoms with Crippen LogP contribution in [0, 0.1) is 5.92 Å². The van der Waals surface area contributed by atoms with E-state index in [1.54, 1.807) is 7.11 Å². The summed E-state index contributed by atoms with van der Waals surface area (Å²) in [7, 11) is -1.50. The van der Waals surface area contributed by atoms with Gasteiger partial charge in [-0.3, -0.25) is 0 Å². The summed E-state index contributed by atoms with van der Waals surface area (Å²) in [5, 5.41) is 3.26. The molecule has 0 radical (unpaired) electrons. The van der Waals surface area contributed by atoms with Crippen molar-refractivity contribution in [2.45, 2.75) is 33.2 Å². The number of ether oxygens (including phenoxy) is 1. The number of para-hydroxylation sites is 1. The van der Waals surface area contributed by atoms with E-state index in [-0.39, 0.29) is 23.5 Å². The molecule has 5 heteroatoms. The summed E-state index contributed by atoms with van der Waals surface area (Å²) >= 11 is 0. The number of sulfone groups is 1. The van der Waals surface area contributed by atoms with Gasteiger partial charge in [-0.25, -0.2) is 8.42 Å². The van der Waals surface area contributed by atoms with E-state index in [4.69, 9.17) is 4.74 Å². The minimum atomic E-state index is -3.11. The van der Waals surface area contributed by atoms with E-state index in [1.165, 1.54) is 0 Å². The lowest BCUT2D eigenvalue weighted by Crippen LogP contribution is -2.30. The first-order valence-electron chi connectivity index (χ1n) is 7.50. The van der Waals surface area contributed by atoms with Crippen molar-refractivity contribution in [2.24, 2.45) is 5.92 Å². The Bertz CT molecular complexity index is 528. The highest BCUT2D eigenvalue weighted by Crippen LogP contribution is 2.26. The Morgan fingerprint density at radius 3 is 2.43 bits per heavy atom. The van der Waals surface area contributed by atoms with Gasteiger partial charge in [-0.1, -0.05) is 45.4 Å². The molecule has 0 spiro atoms. The van der Waals surface area contributed by atoms with E-state index in [9.17, 15) is 8.42 Å². The standard InChI is InChI=1S/C16H27NO3S/c1-5-13(3)11-21(18,19)12-15(17-6-2)14-9-7-8-10-16(14)20-4/h7-10,13,15,17H,5-6,11-12H2,1-4H3. The molecule has 4 nitrogen and oxygen atoms in total. The zero-order valence-corrected chi connectivity index (χ0v) is 14.2. The van der Waals surface area contributed by atoms with Crippen molar-refractivity contribution in [1.82, 2.24) is 5.32 Å². The Balaban J connectivity index is 2.97. The Labute approximate surface area is 128 Å². The number of benzene rings is 1. The summed E-state index contributed by atoms with van der Waals surface area (Å²) in [5.41, 5.74) is 0.898. The van der Waals surface area contributed by atoms with Gasteiger partial charge in [-0.2, -0.15) is 0 Å². The van der Waals surface area contributed by atoms with Crippen LogP contribution < -0.4 is 10.1 Å². The molecule has 0 aliphatic heterocycles. The quantitative estimate of drug-likeness (QED) is 0.761. The van der Waals surface area contributed by atoms with Crippen LogP contribution in [0.1, 0.15) is 38.8 Å². The van der Waals surface area contributed by atoms with Crippen molar-refractivity contribution in [3.05, 3.63) is 29.8 Å². The molecular weight excluding hydrogens is 286 g/mol. The van der Waals surface area contributed by atoms with Gasteiger partial charge in [0.15, 0.2) is 9.84 Å². The fourth-order valence-electron chi connectivity index (χ4n) is 2.33. The van der Waals surface area contributed by atoms with Gasteiger partial charge in [0.25, 0.3) is 0 Å². The summed E-state index contributed by atoms with van der Waals surface area (Å²) in [4.78, 5) is 0. The number of methoxy groups -OCH3 is 1. The van der Waals surface area contributed by atoms with Gasteiger partial charge in [0.1, 0.15) is 5.75 Å². The monoisotopic (exact) mass is 313 g/mol. The van der Waals surface area contributed by atoms with Gasteiger partial charge in [0.05, 0.1) is 18.6 Å². The maximum absolute atomic E-state index is 12.4. The Kier molecular flexibility index (Phi) is 7.18. The molecule has 1 aromatic rings. The van der Waals surface area contributed by atoms with Gasteiger partial charge in [0, 0.05) is 11.6 Å². The average molecular weight is 313 g/mol. The average Bonchev–Trinajstić information content (AvgIpc) is 2.46. The fraction of sp³-hybridized carbons (Fsp3) is 0.625. The van der Waals surface area contributed by atoms with E-state index in [0.29, 0.717) is 6.54 Å². The van der Waals surface area contributed by atoms with Crippen molar-refractivity contribution < 1.29 is 13.2 Å². The maximum Gasteiger partial charge on any atom is 0.152 e. The molecule has 0 aliphatic rings. The number of rotatable bonds is 9. The summed E-state index contributed by atoms with van der Waals surface area (Å²) in [5.74, 6) is 1.25. The largest absolute Gasteiger partial charge is 0.496 e. The van der Waals surface area contributed by atoms with E-state index in [1.807, 2.05) is 45.0 Å². The fourth-order valence-corrected chi connectivity index (χ4v) is 4.38. The van der Waals surface area contributed by atoms with Crippen LogP contribution in [0.15, 0.2) is 24.3 Å². The van der Waals surface area contributed by atoms with Gasteiger partial charge in [-0.05, 0) is 18.5 Å². The van der Waals surface area contributed by atoms with Crippen LogP contribution in [-0.2, 0) is 9.84 Å². The molecular formula is C16H27NO3S. The molecule has 0 saturated heterocycles. The van der Waals surface area contributed by atoms with Crippen LogP contribution in [0.3, 0.4) is 0 Å². The zero-order valence-electron chi connectivity index (χ0n) is 13.4. The molecule has 0 aromatic heterocycles. The first kappa shape index (κ1) is 18.0. The van der Waals surface area contributed by atoms with Gasteiger partial charge >= 0.3 is 0 Å². The molecule has 1 rings (SSSR count). The van der Waals surface area contributed by atoms with Gasteiger partial charge in [-0.15, -0.1) is 0 Å². The SMILES string of the molecule is CCNC(CS(=O)(=O)CC(C)CC)c1ccccc1OC. The molecule has 120 valence electrons. The lowest BCUT2D eigenvalue weighted by molar-refractivity contribution is 0.402. The minimum absolute atomic E-state index is 0.103. The summed E-state index contributed by atoms with van der Waals surface area (Å²) in [6.45, 7) is 6.68. The lowest BCUT2D eigenvalue weighted by Gasteiger charge is -2.21. The van der Waals surface area contributed by atoms with Crippen molar-refractivity contribution in [2.75, 3.05) is 25.2 Å². The Hall–Kier alpha value is -1.07. The summed E-state index contributed by atoms with van der Waals surface area (Å²) in [6.07, 6.45) is 0.875. The van der Waals surface area contributed by atoms with Gasteiger partial charge < -0.3 is 10.1 Å². The summed E-state index contributed by atoms with van der Waals surface area (Å²) < 4.78 is 30.1. The van der Waals surface area contributed by atoms with Gasteiger partial charge in [0.2, 0.25) is 0 Å². The highest BCUT2D eigenvalue weighted by molar-refractivity contribution is 7.91. The van der Waals surface area contributed by atoms with E-state index < -0.39 is 9.84 Å². The second kappa shape index (κ2) is 8.39. The molecule has 0 fully saturated rings. The van der Waals surface area contributed by atoms with E-state index in [2.05, 4.69) is 5.32 Å². The molecule has 1 N–H and O–H groups in total. The Morgan fingerprint density at radius 1 is 1.19 bits per heavy atom. The molecule has 0 aliphatic carbocycles. The van der Waals surface area contributed by atoms with Crippen molar-refractivity contribution in [1.29, 1.82) is 0 Å². The first-order valence-corrected chi connectivity index (χ1v) is 9.32. The second-order valence-electron chi connectivity index (χ2n) is 5.44. The van der Waals surface area contributed by atoms with Crippen LogP contribution in [-0.4, -0.2) is 33.6 Å². The predicted molar refractivity (Wildman–Crippen MR) is 87.5 cm³/mol. The number of nitrogens with one attached hydrogen (secondary N) is 1. The van der Waals surface area contributed by atoms with Crippen LogP contribution in [0.4, 0.5) is 0 Å². The zero-order chi connectivity index (χ0) is 15.9. The van der Waals surface area contributed by atoms with Crippen molar-refractivity contribution >= 4 is 9.84 Å². The van der Waals surface area contributed by atoms with Crippen LogP contribution >= 0.6 is 0 Å². The molecule has 0 saturated carbocycles. The Morgan fingerprint density at radius 2 is 1.86 bits per heavy atom. The van der Waals surface area contributed by atoms with Crippen LogP contribution in [0.5, 0.6) is 5.75 Å². The number of hydrogen-bond acceptors (Lipinski definition) is 4. The molecule has 2 unspecified atom stereocenters. The maximum atomic E-state index is 12.4. The van der Waals surface area contributed by atoms with Crippen molar-refractivity contribution in [3.8, 4) is 5.75 Å². The third-order valence-electron chi connectivity index (χ3n) is 3.62. The third-order valence-corrected chi connectivity index (χ3v) is 5.54.